The predicted octanol–water partition coefficient (Wildman–Crippen LogP) is 3.47. The Balaban J connectivity index is 1.92. The van der Waals surface area contributed by atoms with Crippen LogP contribution in [0.5, 0.6) is 11.6 Å². The van der Waals surface area contributed by atoms with Crippen LogP contribution < -0.4 is 14.8 Å². The third-order valence-electron chi connectivity index (χ3n) is 3.66. The van der Waals surface area contributed by atoms with Crippen molar-refractivity contribution >= 4 is 5.91 Å². The monoisotopic (exact) mass is 342 g/mol. The van der Waals surface area contributed by atoms with Gasteiger partial charge in [0.1, 0.15) is 5.75 Å². The van der Waals surface area contributed by atoms with Gasteiger partial charge in [-0.2, -0.15) is 0 Å². The second kappa shape index (κ2) is 8.51. The molecule has 0 saturated heterocycles. The minimum absolute atomic E-state index is 0.0304. The average Bonchev–Trinajstić information content (AvgIpc) is 2.59. The molecule has 0 fully saturated rings. The summed E-state index contributed by atoms with van der Waals surface area (Å²) >= 11 is 0. The van der Waals surface area contributed by atoms with Gasteiger partial charge in [0.05, 0.1) is 6.61 Å². The van der Waals surface area contributed by atoms with Gasteiger partial charge in [0.15, 0.2) is 6.61 Å². The Morgan fingerprint density at radius 3 is 2.60 bits per heavy atom. The highest BCUT2D eigenvalue weighted by Gasteiger charge is 2.18. The molecule has 1 N–H and O–H groups in total. The normalized spacial score (nSPS) is 11.0. The summed E-state index contributed by atoms with van der Waals surface area (Å²) in [5.74, 6) is 1.10. The standard InChI is InChI=1S/C20H26N2O3/c1-5-24-19-15(9-8-12-21-19)13-22-18(23)14-25-17-11-7-6-10-16(17)20(2,3)4/h6-12H,5,13-14H2,1-4H3,(H,22,23). The minimum atomic E-state index is -0.185. The van der Waals surface area contributed by atoms with Gasteiger partial charge in [0.25, 0.3) is 5.91 Å². The van der Waals surface area contributed by atoms with E-state index in [1.54, 1.807) is 6.20 Å². The first-order chi connectivity index (χ1) is 11.9. The predicted molar refractivity (Wildman–Crippen MR) is 97.9 cm³/mol. The third kappa shape index (κ3) is 5.48. The zero-order valence-corrected chi connectivity index (χ0v) is 15.3. The van der Waals surface area contributed by atoms with Crippen molar-refractivity contribution in [2.75, 3.05) is 13.2 Å². The molecule has 0 spiro atoms. The number of hydrogen-bond acceptors (Lipinski definition) is 4. The third-order valence-corrected chi connectivity index (χ3v) is 3.66. The molecule has 0 unspecified atom stereocenters. The number of nitrogens with one attached hydrogen (secondary N) is 1. The van der Waals surface area contributed by atoms with Crippen LogP contribution >= 0.6 is 0 Å². The van der Waals surface area contributed by atoms with E-state index in [4.69, 9.17) is 9.47 Å². The van der Waals surface area contributed by atoms with E-state index in [1.807, 2.05) is 43.3 Å². The van der Waals surface area contributed by atoms with Crippen molar-refractivity contribution in [1.82, 2.24) is 10.3 Å². The quantitative estimate of drug-likeness (QED) is 0.837. The topological polar surface area (TPSA) is 60.5 Å². The Labute approximate surface area is 149 Å². The summed E-state index contributed by atoms with van der Waals surface area (Å²) in [5, 5.41) is 2.84. The zero-order chi connectivity index (χ0) is 18.3. The Kier molecular flexibility index (Phi) is 6.39. The molecule has 25 heavy (non-hydrogen) atoms. The van der Waals surface area contributed by atoms with Crippen LogP contribution in [0, 0.1) is 0 Å². The van der Waals surface area contributed by atoms with Gasteiger partial charge in [0, 0.05) is 18.3 Å². The molecule has 0 bridgehead atoms. The van der Waals surface area contributed by atoms with Crippen molar-refractivity contribution in [3.63, 3.8) is 0 Å². The Bertz CT molecular complexity index is 708. The number of hydrogen-bond donors (Lipinski definition) is 1. The Morgan fingerprint density at radius 2 is 1.88 bits per heavy atom. The molecule has 134 valence electrons. The van der Waals surface area contributed by atoms with Gasteiger partial charge in [-0.25, -0.2) is 4.98 Å². The molecule has 0 atom stereocenters. The highest BCUT2D eigenvalue weighted by Crippen LogP contribution is 2.30. The molecular weight excluding hydrogens is 316 g/mol. The smallest absolute Gasteiger partial charge is 0.258 e. The molecular formula is C20H26N2O3. The van der Waals surface area contributed by atoms with Crippen molar-refractivity contribution in [2.45, 2.75) is 39.7 Å². The van der Waals surface area contributed by atoms with Gasteiger partial charge in [-0.05, 0) is 30.0 Å². The van der Waals surface area contributed by atoms with Gasteiger partial charge in [-0.15, -0.1) is 0 Å². The molecule has 5 heteroatoms. The number of carbonyl (C=O) groups excluding carboxylic acids is 1. The SMILES string of the molecule is CCOc1ncccc1CNC(=O)COc1ccccc1C(C)(C)C. The number of ether oxygens (including phenoxy) is 2. The van der Waals surface area contributed by atoms with E-state index in [9.17, 15) is 4.79 Å². The van der Waals surface area contributed by atoms with Crippen molar-refractivity contribution in [2.24, 2.45) is 0 Å². The summed E-state index contributed by atoms with van der Waals surface area (Å²) < 4.78 is 11.2. The van der Waals surface area contributed by atoms with Crippen molar-refractivity contribution in [3.8, 4) is 11.6 Å². The van der Waals surface area contributed by atoms with E-state index < -0.39 is 0 Å². The summed E-state index contributed by atoms with van der Waals surface area (Å²) in [6.07, 6.45) is 1.67. The van der Waals surface area contributed by atoms with Gasteiger partial charge < -0.3 is 14.8 Å². The summed E-state index contributed by atoms with van der Waals surface area (Å²) in [6, 6.07) is 11.5. The molecule has 0 aliphatic rings. The van der Waals surface area contributed by atoms with Crippen LogP contribution in [0.1, 0.15) is 38.8 Å². The molecule has 0 aliphatic heterocycles. The summed E-state index contributed by atoms with van der Waals surface area (Å²) in [4.78, 5) is 16.3. The van der Waals surface area contributed by atoms with E-state index in [0.717, 1.165) is 16.9 Å². The van der Waals surface area contributed by atoms with Crippen LogP contribution in [-0.2, 0) is 16.8 Å². The lowest BCUT2D eigenvalue weighted by molar-refractivity contribution is -0.123. The molecule has 0 saturated carbocycles. The second-order valence-electron chi connectivity index (χ2n) is 6.71. The largest absolute Gasteiger partial charge is 0.483 e. The molecule has 2 rings (SSSR count). The van der Waals surface area contributed by atoms with Crippen LogP contribution in [0.3, 0.4) is 0 Å². The zero-order valence-electron chi connectivity index (χ0n) is 15.3. The number of carbonyl (C=O) groups is 1. The maximum absolute atomic E-state index is 12.1. The maximum Gasteiger partial charge on any atom is 0.258 e. The van der Waals surface area contributed by atoms with Crippen LogP contribution in [0.15, 0.2) is 42.6 Å². The highest BCUT2D eigenvalue weighted by atomic mass is 16.5. The molecule has 0 radical (unpaired) electrons. The van der Waals surface area contributed by atoms with Gasteiger partial charge in [-0.1, -0.05) is 45.0 Å². The van der Waals surface area contributed by atoms with Crippen LogP contribution in [-0.4, -0.2) is 24.1 Å². The number of aromatic nitrogens is 1. The first kappa shape index (κ1) is 18.8. The van der Waals surface area contributed by atoms with Crippen molar-refractivity contribution < 1.29 is 14.3 Å². The average molecular weight is 342 g/mol. The van der Waals surface area contributed by atoms with E-state index in [0.29, 0.717) is 19.0 Å². The molecule has 1 aromatic heterocycles. The fourth-order valence-electron chi connectivity index (χ4n) is 2.43. The fraction of sp³-hybridized carbons (Fsp3) is 0.400. The first-order valence-corrected chi connectivity index (χ1v) is 8.47. The Hall–Kier alpha value is -2.56. The van der Waals surface area contributed by atoms with Gasteiger partial charge in [-0.3, -0.25) is 4.79 Å². The van der Waals surface area contributed by atoms with E-state index in [1.165, 1.54) is 0 Å². The van der Waals surface area contributed by atoms with Gasteiger partial charge in [0.2, 0.25) is 5.88 Å². The summed E-state index contributed by atoms with van der Waals surface area (Å²) in [7, 11) is 0. The first-order valence-electron chi connectivity index (χ1n) is 8.47. The second-order valence-corrected chi connectivity index (χ2v) is 6.71. The number of rotatable bonds is 7. The molecule has 1 amide bonds. The number of nitrogens with zero attached hydrogens (tertiary/aromatic N) is 1. The van der Waals surface area contributed by atoms with Crippen molar-refractivity contribution in [3.05, 3.63) is 53.7 Å². The molecule has 0 aliphatic carbocycles. The van der Waals surface area contributed by atoms with E-state index >= 15 is 0 Å². The van der Waals surface area contributed by atoms with E-state index in [-0.39, 0.29) is 17.9 Å². The number of para-hydroxylation sites is 1. The maximum atomic E-state index is 12.1. The molecule has 1 heterocycles. The summed E-state index contributed by atoms with van der Waals surface area (Å²) in [5.41, 5.74) is 1.87. The lowest BCUT2D eigenvalue weighted by Crippen LogP contribution is -2.29. The molecule has 1 aromatic carbocycles. The van der Waals surface area contributed by atoms with Gasteiger partial charge >= 0.3 is 0 Å². The number of amides is 1. The summed E-state index contributed by atoms with van der Waals surface area (Å²) in [6.45, 7) is 9.11. The van der Waals surface area contributed by atoms with E-state index in [2.05, 4.69) is 31.1 Å². The van der Waals surface area contributed by atoms with Crippen LogP contribution in [0.25, 0.3) is 0 Å². The lowest BCUT2D eigenvalue weighted by Gasteiger charge is -2.22. The lowest BCUT2D eigenvalue weighted by atomic mass is 9.86. The molecule has 5 nitrogen and oxygen atoms in total. The number of pyridine rings is 1. The van der Waals surface area contributed by atoms with Crippen LogP contribution in [0.4, 0.5) is 0 Å². The molecule has 2 aromatic rings. The minimum Gasteiger partial charge on any atom is -0.483 e. The van der Waals surface area contributed by atoms with Crippen LogP contribution in [0.2, 0.25) is 0 Å². The highest BCUT2D eigenvalue weighted by molar-refractivity contribution is 5.77. The Morgan fingerprint density at radius 1 is 1.12 bits per heavy atom. The number of benzene rings is 1. The fourth-order valence-corrected chi connectivity index (χ4v) is 2.43. The van der Waals surface area contributed by atoms with Crippen molar-refractivity contribution in [1.29, 1.82) is 0 Å².